The average Bonchev–Trinajstić information content (AvgIpc) is 2.38. The summed E-state index contributed by atoms with van der Waals surface area (Å²) in [5.41, 5.74) is 0.567. The Kier molecular flexibility index (Phi) is 2.46. The summed E-state index contributed by atoms with van der Waals surface area (Å²) in [4.78, 5) is 0. The lowest BCUT2D eigenvalue weighted by Crippen LogP contribution is -1.92. The van der Waals surface area contributed by atoms with Crippen molar-refractivity contribution >= 4 is 21.5 Å². The highest BCUT2D eigenvalue weighted by molar-refractivity contribution is 6.09. The second-order valence-corrected chi connectivity index (χ2v) is 4.56. The van der Waals surface area contributed by atoms with Crippen LogP contribution in [0.2, 0.25) is 0 Å². The molecule has 0 amide bonds. The largest absolute Gasteiger partial charge is 0.507 e. The van der Waals surface area contributed by atoms with Crippen molar-refractivity contribution in [3.63, 3.8) is 0 Å². The van der Waals surface area contributed by atoms with Crippen LogP contribution in [-0.4, -0.2) is 10.2 Å². The molecule has 0 fully saturated rings. The minimum atomic E-state index is -0.666. The van der Waals surface area contributed by atoms with Gasteiger partial charge in [0.2, 0.25) is 0 Å². The summed E-state index contributed by atoms with van der Waals surface area (Å²) in [5, 5.41) is 23.9. The number of phenols is 1. The Labute approximate surface area is 105 Å². The van der Waals surface area contributed by atoms with Gasteiger partial charge in [0.15, 0.2) is 0 Å². The fraction of sp³-hybridized carbons (Fsp3) is 0.125. The van der Waals surface area contributed by atoms with E-state index in [9.17, 15) is 10.2 Å². The number of hydrogen-bond donors (Lipinski definition) is 2. The van der Waals surface area contributed by atoms with Crippen LogP contribution in [0.15, 0.2) is 48.5 Å². The zero-order valence-electron chi connectivity index (χ0n) is 10.1. The van der Waals surface area contributed by atoms with Crippen LogP contribution in [0.5, 0.6) is 5.75 Å². The molecule has 0 saturated heterocycles. The monoisotopic (exact) mass is 238 g/mol. The van der Waals surface area contributed by atoms with E-state index in [-0.39, 0.29) is 5.75 Å². The first-order chi connectivity index (χ1) is 8.68. The highest BCUT2D eigenvalue weighted by Crippen LogP contribution is 2.35. The standard InChI is InChI=1S/C16H14O2/c1-10(17)12-8-9-14-13-5-3-2-4-11(13)6-7-15(14)16(12)18/h2-10,17-18H,1H3. The van der Waals surface area contributed by atoms with Crippen LogP contribution in [0.1, 0.15) is 18.6 Å². The van der Waals surface area contributed by atoms with Crippen molar-refractivity contribution in [2.45, 2.75) is 13.0 Å². The first-order valence-electron chi connectivity index (χ1n) is 6.00. The number of aromatic hydroxyl groups is 1. The van der Waals surface area contributed by atoms with E-state index in [0.717, 1.165) is 21.5 Å². The van der Waals surface area contributed by atoms with Crippen LogP contribution in [0, 0.1) is 0 Å². The molecule has 3 aromatic rings. The Bertz CT molecular complexity index is 730. The zero-order valence-corrected chi connectivity index (χ0v) is 10.1. The number of fused-ring (bicyclic) bond motifs is 3. The van der Waals surface area contributed by atoms with Crippen molar-refractivity contribution in [1.29, 1.82) is 0 Å². The van der Waals surface area contributed by atoms with Gasteiger partial charge in [0.25, 0.3) is 0 Å². The molecule has 1 atom stereocenters. The minimum Gasteiger partial charge on any atom is -0.507 e. The summed E-state index contributed by atoms with van der Waals surface area (Å²) in [5.74, 6) is 0.174. The van der Waals surface area contributed by atoms with Gasteiger partial charge in [-0.1, -0.05) is 48.5 Å². The number of phenolic OH excluding ortho intramolecular Hbond substituents is 1. The van der Waals surface area contributed by atoms with Crippen molar-refractivity contribution in [3.8, 4) is 5.75 Å². The summed E-state index contributed by atoms with van der Waals surface area (Å²) in [7, 11) is 0. The van der Waals surface area contributed by atoms with Crippen LogP contribution < -0.4 is 0 Å². The molecule has 0 bridgehead atoms. The third-order valence-corrected chi connectivity index (χ3v) is 3.38. The van der Waals surface area contributed by atoms with E-state index < -0.39 is 6.10 Å². The molecule has 2 N–H and O–H groups in total. The molecule has 0 aromatic heterocycles. The Hall–Kier alpha value is -2.06. The Morgan fingerprint density at radius 3 is 2.33 bits per heavy atom. The second kappa shape index (κ2) is 4.00. The van der Waals surface area contributed by atoms with Gasteiger partial charge in [-0.25, -0.2) is 0 Å². The zero-order chi connectivity index (χ0) is 12.7. The fourth-order valence-corrected chi connectivity index (χ4v) is 2.43. The van der Waals surface area contributed by atoms with E-state index in [1.807, 2.05) is 36.4 Å². The second-order valence-electron chi connectivity index (χ2n) is 4.56. The van der Waals surface area contributed by atoms with E-state index in [2.05, 4.69) is 6.07 Å². The molecule has 3 aromatic carbocycles. The maximum atomic E-state index is 10.2. The molecular formula is C16H14O2. The van der Waals surface area contributed by atoms with Crippen molar-refractivity contribution in [2.24, 2.45) is 0 Å². The number of rotatable bonds is 1. The van der Waals surface area contributed by atoms with Crippen LogP contribution in [0.4, 0.5) is 0 Å². The van der Waals surface area contributed by atoms with Gasteiger partial charge in [-0.05, 0) is 23.1 Å². The SMILES string of the molecule is CC(O)c1ccc2c(ccc3ccccc32)c1O. The smallest absolute Gasteiger partial charge is 0.129 e. The van der Waals surface area contributed by atoms with Gasteiger partial charge in [-0.2, -0.15) is 0 Å². The van der Waals surface area contributed by atoms with Gasteiger partial charge in [-0.3, -0.25) is 0 Å². The van der Waals surface area contributed by atoms with Crippen LogP contribution in [0.25, 0.3) is 21.5 Å². The predicted octanol–water partition coefficient (Wildman–Crippen LogP) is 3.75. The molecule has 2 heteroatoms. The highest BCUT2D eigenvalue weighted by atomic mass is 16.3. The minimum absolute atomic E-state index is 0.174. The fourth-order valence-electron chi connectivity index (χ4n) is 2.43. The molecule has 18 heavy (non-hydrogen) atoms. The van der Waals surface area contributed by atoms with Gasteiger partial charge in [0.05, 0.1) is 6.10 Å². The Balaban J connectivity index is 2.44. The number of aliphatic hydroxyl groups is 1. The molecule has 0 saturated carbocycles. The third kappa shape index (κ3) is 1.54. The molecular weight excluding hydrogens is 224 g/mol. The van der Waals surface area contributed by atoms with Gasteiger partial charge >= 0.3 is 0 Å². The molecule has 0 radical (unpaired) electrons. The van der Waals surface area contributed by atoms with Gasteiger partial charge in [-0.15, -0.1) is 0 Å². The topological polar surface area (TPSA) is 40.5 Å². The highest BCUT2D eigenvalue weighted by Gasteiger charge is 2.11. The molecule has 90 valence electrons. The Morgan fingerprint density at radius 1 is 0.833 bits per heavy atom. The van der Waals surface area contributed by atoms with E-state index in [1.54, 1.807) is 13.0 Å². The lowest BCUT2D eigenvalue weighted by atomic mass is 9.97. The van der Waals surface area contributed by atoms with Crippen molar-refractivity contribution in [1.82, 2.24) is 0 Å². The maximum absolute atomic E-state index is 10.2. The molecule has 0 heterocycles. The number of aliphatic hydroxyl groups excluding tert-OH is 1. The number of benzene rings is 3. The number of hydrogen-bond acceptors (Lipinski definition) is 2. The molecule has 3 rings (SSSR count). The quantitative estimate of drug-likeness (QED) is 0.634. The normalized spacial score (nSPS) is 13.0. The molecule has 0 aliphatic heterocycles. The average molecular weight is 238 g/mol. The molecule has 1 unspecified atom stereocenters. The molecule has 0 aliphatic carbocycles. The Morgan fingerprint density at radius 2 is 1.56 bits per heavy atom. The van der Waals surface area contributed by atoms with Crippen molar-refractivity contribution in [2.75, 3.05) is 0 Å². The first-order valence-corrected chi connectivity index (χ1v) is 6.00. The summed E-state index contributed by atoms with van der Waals surface area (Å²) < 4.78 is 0. The van der Waals surface area contributed by atoms with Crippen molar-refractivity contribution < 1.29 is 10.2 Å². The molecule has 0 aliphatic rings. The van der Waals surface area contributed by atoms with E-state index in [1.165, 1.54) is 0 Å². The van der Waals surface area contributed by atoms with E-state index in [0.29, 0.717) is 5.56 Å². The summed E-state index contributed by atoms with van der Waals surface area (Å²) in [6.07, 6.45) is -0.666. The van der Waals surface area contributed by atoms with Crippen LogP contribution in [-0.2, 0) is 0 Å². The van der Waals surface area contributed by atoms with Gasteiger partial charge in [0.1, 0.15) is 5.75 Å². The van der Waals surface area contributed by atoms with Gasteiger partial charge in [0, 0.05) is 10.9 Å². The van der Waals surface area contributed by atoms with Crippen LogP contribution >= 0.6 is 0 Å². The summed E-state index contributed by atoms with van der Waals surface area (Å²) in [6, 6.07) is 15.7. The van der Waals surface area contributed by atoms with Gasteiger partial charge < -0.3 is 10.2 Å². The molecule has 2 nitrogen and oxygen atoms in total. The lowest BCUT2D eigenvalue weighted by Gasteiger charge is -2.11. The molecule has 0 spiro atoms. The maximum Gasteiger partial charge on any atom is 0.129 e. The summed E-state index contributed by atoms with van der Waals surface area (Å²) in [6.45, 7) is 1.65. The van der Waals surface area contributed by atoms with Crippen LogP contribution in [0.3, 0.4) is 0 Å². The summed E-state index contributed by atoms with van der Waals surface area (Å²) >= 11 is 0. The van der Waals surface area contributed by atoms with Crippen molar-refractivity contribution in [3.05, 3.63) is 54.1 Å². The van der Waals surface area contributed by atoms with E-state index in [4.69, 9.17) is 0 Å². The first kappa shape index (κ1) is 11.1. The lowest BCUT2D eigenvalue weighted by molar-refractivity contribution is 0.195. The predicted molar refractivity (Wildman–Crippen MR) is 73.8 cm³/mol. The third-order valence-electron chi connectivity index (χ3n) is 3.38. The van der Waals surface area contributed by atoms with E-state index >= 15 is 0 Å².